The molecule has 31 heavy (non-hydrogen) atoms. The van der Waals surface area contributed by atoms with Crippen molar-refractivity contribution in [2.75, 3.05) is 7.05 Å². The molecule has 1 heterocycles. The topological polar surface area (TPSA) is 63.5 Å². The van der Waals surface area contributed by atoms with E-state index in [0.717, 1.165) is 29.4 Å². The van der Waals surface area contributed by atoms with Crippen LogP contribution in [0.2, 0.25) is 0 Å². The number of guanidine groups is 1. The van der Waals surface area contributed by atoms with Crippen molar-refractivity contribution in [2.45, 2.75) is 46.0 Å². The number of halogens is 1. The van der Waals surface area contributed by atoms with E-state index in [-0.39, 0.29) is 29.6 Å². The van der Waals surface area contributed by atoms with Gasteiger partial charge in [-0.1, -0.05) is 48.5 Å². The van der Waals surface area contributed by atoms with Gasteiger partial charge in [0.25, 0.3) is 0 Å². The average molecular weight is 533 g/mol. The molecular weight excluding hydrogens is 501 g/mol. The molecule has 0 spiro atoms. The van der Waals surface area contributed by atoms with Crippen LogP contribution in [0.1, 0.15) is 37.5 Å². The van der Waals surface area contributed by atoms with Crippen LogP contribution in [0.3, 0.4) is 0 Å². The molecule has 0 aliphatic heterocycles. The van der Waals surface area contributed by atoms with E-state index in [4.69, 9.17) is 4.74 Å². The first-order valence-electron chi connectivity index (χ1n) is 10.2. The fourth-order valence-electron chi connectivity index (χ4n) is 3.02. The summed E-state index contributed by atoms with van der Waals surface area (Å²) in [6.45, 7) is 8.19. The standard InChI is InChI=1S/C24H31N5O.HI/c1-24(2,3)30-22-13-9-8-12-21(22)16-27-23(25-4)26-14-20-15-28-29(18-20)17-19-10-6-5-7-11-19;/h5-13,15,18H,14,16-17H2,1-4H3,(H2,25,26,27);1H. The SMILES string of the molecule is CN=C(NCc1cnn(Cc2ccccc2)c1)NCc1ccccc1OC(C)(C)C.I. The highest BCUT2D eigenvalue weighted by Crippen LogP contribution is 2.22. The van der Waals surface area contributed by atoms with Gasteiger partial charge in [-0.2, -0.15) is 5.10 Å². The van der Waals surface area contributed by atoms with Crippen LogP contribution in [0, 0.1) is 0 Å². The number of nitrogens with one attached hydrogen (secondary N) is 2. The first-order chi connectivity index (χ1) is 14.4. The summed E-state index contributed by atoms with van der Waals surface area (Å²) < 4.78 is 8.02. The fourth-order valence-corrected chi connectivity index (χ4v) is 3.02. The summed E-state index contributed by atoms with van der Waals surface area (Å²) in [7, 11) is 1.77. The van der Waals surface area contributed by atoms with Gasteiger partial charge in [0.1, 0.15) is 11.4 Å². The van der Waals surface area contributed by atoms with E-state index in [2.05, 4.69) is 65.9 Å². The zero-order valence-electron chi connectivity index (χ0n) is 18.6. The third kappa shape index (κ3) is 8.24. The van der Waals surface area contributed by atoms with Gasteiger partial charge >= 0.3 is 0 Å². The van der Waals surface area contributed by atoms with E-state index < -0.39 is 0 Å². The van der Waals surface area contributed by atoms with Crippen molar-refractivity contribution in [2.24, 2.45) is 4.99 Å². The highest BCUT2D eigenvalue weighted by Gasteiger charge is 2.14. The number of para-hydroxylation sites is 1. The van der Waals surface area contributed by atoms with Crippen LogP contribution < -0.4 is 15.4 Å². The van der Waals surface area contributed by atoms with Crippen LogP contribution in [0.15, 0.2) is 72.0 Å². The van der Waals surface area contributed by atoms with Gasteiger partial charge in [0.15, 0.2) is 5.96 Å². The van der Waals surface area contributed by atoms with Crippen molar-refractivity contribution in [3.05, 3.63) is 83.7 Å². The Morgan fingerprint density at radius 1 is 0.968 bits per heavy atom. The molecule has 7 heteroatoms. The Balaban J connectivity index is 0.00000341. The molecule has 3 rings (SSSR count). The van der Waals surface area contributed by atoms with Crippen LogP contribution in [0.4, 0.5) is 0 Å². The second-order valence-electron chi connectivity index (χ2n) is 8.13. The van der Waals surface area contributed by atoms with Crippen molar-refractivity contribution in [1.29, 1.82) is 0 Å². The molecule has 6 nitrogen and oxygen atoms in total. The molecule has 0 unspecified atom stereocenters. The molecule has 0 bridgehead atoms. The number of nitrogens with zero attached hydrogens (tertiary/aromatic N) is 3. The molecule has 166 valence electrons. The van der Waals surface area contributed by atoms with Gasteiger partial charge in [0, 0.05) is 37.5 Å². The maximum atomic E-state index is 6.07. The number of ether oxygens (including phenoxy) is 1. The minimum atomic E-state index is -0.240. The summed E-state index contributed by atoms with van der Waals surface area (Å²) in [5, 5.41) is 11.2. The molecule has 0 saturated heterocycles. The summed E-state index contributed by atoms with van der Waals surface area (Å²) in [5.74, 6) is 1.62. The Morgan fingerprint density at radius 3 is 2.35 bits per heavy atom. The Labute approximate surface area is 202 Å². The van der Waals surface area contributed by atoms with Gasteiger partial charge in [-0.15, -0.1) is 24.0 Å². The molecule has 0 aliphatic rings. The molecule has 2 aromatic carbocycles. The van der Waals surface area contributed by atoms with E-state index in [1.807, 2.05) is 47.3 Å². The summed E-state index contributed by atoms with van der Waals surface area (Å²) in [6.07, 6.45) is 3.94. The smallest absolute Gasteiger partial charge is 0.191 e. The normalized spacial score (nSPS) is 11.5. The highest BCUT2D eigenvalue weighted by atomic mass is 127. The van der Waals surface area contributed by atoms with Crippen molar-refractivity contribution < 1.29 is 4.74 Å². The molecule has 0 radical (unpaired) electrons. The highest BCUT2D eigenvalue weighted by molar-refractivity contribution is 14.0. The lowest BCUT2D eigenvalue weighted by Crippen LogP contribution is -2.36. The molecule has 0 fully saturated rings. The van der Waals surface area contributed by atoms with E-state index >= 15 is 0 Å². The predicted octanol–water partition coefficient (Wildman–Crippen LogP) is 4.59. The number of hydrogen-bond donors (Lipinski definition) is 2. The van der Waals surface area contributed by atoms with Gasteiger partial charge in [0.2, 0.25) is 0 Å². The maximum absolute atomic E-state index is 6.07. The monoisotopic (exact) mass is 533 g/mol. The van der Waals surface area contributed by atoms with Crippen LogP contribution in [0.25, 0.3) is 0 Å². The third-order valence-corrected chi connectivity index (χ3v) is 4.39. The number of hydrogen-bond acceptors (Lipinski definition) is 3. The van der Waals surface area contributed by atoms with Crippen LogP contribution >= 0.6 is 24.0 Å². The van der Waals surface area contributed by atoms with E-state index in [1.165, 1.54) is 5.56 Å². The summed E-state index contributed by atoms with van der Waals surface area (Å²) in [4.78, 5) is 4.32. The molecule has 3 aromatic rings. The molecular formula is C24H32IN5O. The lowest BCUT2D eigenvalue weighted by molar-refractivity contribution is 0.129. The Hall–Kier alpha value is -2.55. The van der Waals surface area contributed by atoms with Gasteiger partial charge in [0.05, 0.1) is 12.7 Å². The molecule has 0 atom stereocenters. The third-order valence-electron chi connectivity index (χ3n) is 4.39. The Bertz CT molecular complexity index is 963. The zero-order valence-corrected chi connectivity index (χ0v) is 21.0. The minimum absolute atomic E-state index is 0. The van der Waals surface area contributed by atoms with Crippen LogP contribution in [-0.4, -0.2) is 28.4 Å². The average Bonchev–Trinajstić information content (AvgIpc) is 3.16. The number of aromatic nitrogens is 2. The second-order valence-corrected chi connectivity index (χ2v) is 8.13. The van der Waals surface area contributed by atoms with Crippen molar-refractivity contribution in [1.82, 2.24) is 20.4 Å². The fraction of sp³-hybridized carbons (Fsp3) is 0.333. The number of benzene rings is 2. The zero-order chi connectivity index (χ0) is 21.4. The first-order valence-corrected chi connectivity index (χ1v) is 10.2. The second kappa shape index (κ2) is 11.7. The van der Waals surface area contributed by atoms with Gasteiger partial charge in [-0.3, -0.25) is 9.67 Å². The van der Waals surface area contributed by atoms with E-state index in [9.17, 15) is 0 Å². The lowest BCUT2D eigenvalue weighted by Gasteiger charge is -2.23. The minimum Gasteiger partial charge on any atom is -0.488 e. The molecule has 2 N–H and O–H groups in total. The Morgan fingerprint density at radius 2 is 1.65 bits per heavy atom. The number of rotatable bonds is 7. The maximum Gasteiger partial charge on any atom is 0.191 e. The molecule has 0 aliphatic carbocycles. The van der Waals surface area contributed by atoms with Gasteiger partial charge in [-0.25, -0.2) is 0 Å². The summed E-state index contributed by atoms with van der Waals surface area (Å²) in [5.41, 5.74) is 3.18. The van der Waals surface area contributed by atoms with E-state index in [0.29, 0.717) is 13.1 Å². The largest absolute Gasteiger partial charge is 0.488 e. The van der Waals surface area contributed by atoms with Gasteiger partial charge in [-0.05, 0) is 32.4 Å². The number of aliphatic imine (C=N–C) groups is 1. The molecule has 0 amide bonds. The summed E-state index contributed by atoms with van der Waals surface area (Å²) in [6, 6.07) is 18.4. The lowest BCUT2D eigenvalue weighted by atomic mass is 10.1. The molecule has 1 aromatic heterocycles. The first kappa shape index (κ1) is 24.7. The Kier molecular flexibility index (Phi) is 9.36. The van der Waals surface area contributed by atoms with Crippen LogP contribution in [0.5, 0.6) is 5.75 Å². The quantitative estimate of drug-likeness (QED) is 0.265. The van der Waals surface area contributed by atoms with Crippen LogP contribution in [-0.2, 0) is 19.6 Å². The van der Waals surface area contributed by atoms with Crippen molar-refractivity contribution in [3.8, 4) is 5.75 Å². The molecule has 0 saturated carbocycles. The predicted molar refractivity (Wildman–Crippen MR) is 137 cm³/mol. The summed E-state index contributed by atoms with van der Waals surface area (Å²) >= 11 is 0. The van der Waals surface area contributed by atoms with Crippen molar-refractivity contribution in [3.63, 3.8) is 0 Å². The van der Waals surface area contributed by atoms with Crippen molar-refractivity contribution >= 4 is 29.9 Å². The van der Waals surface area contributed by atoms with E-state index in [1.54, 1.807) is 7.05 Å². The van der Waals surface area contributed by atoms with Gasteiger partial charge < -0.3 is 15.4 Å².